The summed E-state index contributed by atoms with van der Waals surface area (Å²) in [7, 11) is 2.14. The number of hydrogen-bond donors (Lipinski definition) is 1. The molecule has 1 aliphatic carbocycles. The van der Waals surface area contributed by atoms with E-state index in [-0.39, 0.29) is 0 Å². The van der Waals surface area contributed by atoms with E-state index in [1.165, 1.54) is 18.4 Å². The van der Waals surface area contributed by atoms with Crippen molar-refractivity contribution in [3.63, 3.8) is 0 Å². The van der Waals surface area contributed by atoms with E-state index in [0.717, 1.165) is 31.0 Å². The summed E-state index contributed by atoms with van der Waals surface area (Å²) in [6.45, 7) is 5.30. The SMILES string of the molecule is CCCNc1ncnc(N(C)C2CC2)c1CC. The molecule has 0 saturated heterocycles. The van der Waals surface area contributed by atoms with E-state index in [0.29, 0.717) is 6.04 Å². The Morgan fingerprint density at radius 3 is 2.71 bits per heavy atom. The molecule has 0 aromatic carbocycles. The summed E-state index contributed by atoms with van der Waals surface area (Å²) in [5.74, 6) is 2.11. The van der Waals surface area contributed by atoms with Gasteiger partial charge in [0.15, 0.2) is 0 Å². The normalized spacial score (nSPS) is 14.8. The van der Waals surface area contributed by atoms with Crippen LogP contribution in [0, 0.1) is 0 Å². The molecule has 0 unspecified atom stereocenters. The van der Waals surface area contributed by atoms with Crippen molar-refractivity contribution in [2.45, 2.75) is 45.6 Å². The van der Waals surface area contributed by atoms with Crippen LogP contribution in [0.1, 0.15) is 38.7 Å². The highest BCUT2D eigenvalue weighted by Crippen LogP contribution is 2.32. The van der Waals surface area contributed by atoms with Crippen LogP contribution in [0.3, 0.4) is 0 Å². The smallest absolute Gasteiger partial charge is 0.137 e. The summed E-state index contributed by atoms with van der Waals surface area (Å²) < 4.78 is 0. The van der Waals surface area contributed by atoms with Gasteiger partial charge in [-0.2, -0.15) is 0 Å². The maximum absolute atomic E-state index is 4.45. The molecule has 0 spiro atoms. The van der Waals surface area contributed by atoms with E-state index >= 15 is 0 Å². The zero-order chi connectivity index (χ0) is 12.3. The van der Waals surface area contributed by atoms with Crippen molar-refractivity contribution in [3.05, 3.63) is 11.9 Å². The van der Waals surface area contributed by atoms with Crippen molar-refractivity contribution >= 4 is 11.6 Å². The quantitative estimate of drug-likeness (QED) is 0.821. The number of rotatable bonds is 6. The lowest BCUT2D eigenvalue weighted by atomic mass is 10.2. The molecule has 0 amide bonds. The topological polar surface area (TPSA) is 41.1 Å². The third kappa shape index (κ3) is 2.68. The molecule has 0 atom stereocenters. The number of hydrogen-bond acceptors (Lipinski definition) is 4. The van der Waals surface area contributed by atoms with Crippen molar-refractivity contribution in [1.82, 2.24) is 9.97 Å². The number of nitrogens with one attached hydrogen (secondary N) is 1. The summed E-state index contributed by atoms with van der Waals surface area (Å²) in [6.07, 6.45) is 6.34. The van der Waals surface area contributed by atoms with Gasteiger partial charge in [-0.25, -0.2) is 9.97 Å². The highest BCUT2D eigenvalue weighted by atomic mass is 15.2. The summed E-state index contributed by atoms with van der Waals surface area (Å²) in [5.41, 5.74) is 1.25. The molecule has 1 aliphatic rings. The Bertz CT molecular complexity index is 374. The van der Waals surface area contributed by atoms with Gasteiger partial charge in [0.05, 0.1) is 0 Å². The fourth-order valence-corrected chi connectivity index (χ4v) is 2.06. The predicted octanol–water partition coefficient (Wildman–Crippen LogP) is 2.46. The third-order valence-corrected chi connectivity index (χ3v) is 3.25. The van der Waals surface area contributed by atoms with Crippen LogP contribution in [0.4, 0.5) is 11.6 Å². The monoisotopic (exact) mass is 234 g/mol. The first-order chi connectivity index (χ1) is 8.27. The Hall–Kier alpha value is -1.32. The van der Waals surface area contributed by atoms with Gasteiger partial charge in [0.1, 0.15) is 18.0 Å². The molecule has 0 radical (unpaired) electrons. The summed E-state index contributed by atoms with van der Waals surface area (Å²) >= 11 is 0. The second kappa shape index (κ2) is 5.34. The number of anilines is 2. The minimum Gasteiger partial charge on any atom is -0.370 e. The zero-order valence-electron chi connectivity index (χ0n) is 11.0. The minimum atomic E-state index is 0.689. The van der Waals surface area contributed by atoms with Crippen molar-refractivity contribution in [3.8, 4) is 0 Å². The van der Waals surface area contributed by atoms with E-state index in [4.69, 9.17) is 0 Å². The first kappa shape index (κ1) is 12.1. The van der Waals surface area contributed by atoms with Gasteiger partial charge < -0.3 is 10.2 Å². The molecule has 94 valence electrons. The van der Waals surface area contributed by atoms with Gasteiger partial charge >= 0.3 is 0 Å². The lowest BCUT2D eigenvalue weighted by molar-refractivity contribution is 0.862. The highest BCUT2D eigenvalue weighted by molar-refractivity contribution is 5.59. The third-order valence-electron chi connectivity index (χ3n) is 3.25. The van der Waals surface area contributed by atoms with Crippen LogP contribution in [-0.2, 0) is 6.42 Å². The van der Waals surface area contributed by atoms with E-state index in [1.807, 2.05) is 0 Å². The first-order valence-corrected chi connectivity index (χ1v) is 6.58. The molecule has 4 heteroatoms. The molecule has 2 rings (SSSR count). The van der Waals surface area contributed by atoms with Crippen LogP contribution in [0.5, 0.6) is 0 Å². The van der Waals surface area contributed by atoms with Crippen LogP contribution in [-0.4, -0.2) is 29.6 Å². The zero-order valence-corrected chi connectivity index (χ0v) is 11.0. The van der Waals surface area contributed by atoms with Crippen LogP contribution < -0.4 is 10.2 Å². The van der Waals surface area contributed by atoms with Crippen LogP contribution in [0.15, 0.2) is 6.33 Å². The van der Waals surface area contributed by atoms with Gasteiger partial charge in [-0.1, -0.05) is 13.8 Å². The van der Waals surface area contributed by atoms with E-state index in [2.05, 4.69) is 41.1 Å². The molecule has 1 aromatic rings. The van der Waals surface area contributed by atoms with Crippen molar-refractivity contribution < 1.29 is 0 Å². The minimum absolute atomic E-state index is 0.689. The number of aromatic nitrogens is 2. The Morgan fingerprint density at radius 1 is 1.35 bits per heavy atom. The van der Waals surface area contributed by atoms with Gasteiger partial charge in [0, 0.05) is 25.2 Å². The van der Waals surface area contributed by atoms with Crippen LogP contribution in [0.25, 0.3) is 0 Å². The molecule has 1 saturated carbocycles. The predicted molar refractivity (Wildman–Crippen MR) is 71.6 cm³/mol. The summed E-state index contributed by atoms with van der Waals surface area (Å²) in [5, 5.41) is 3.39. The Morgan fingerprint density at radius 2 is 2.12 bits per heavy atom. The molecule has 1 N–H and O–H groups in total. The first-order valence-electron chi connectivity index (χ1n) is 6.58. The van der Waals surface area contributed by atoms with E-state index < -0.39 is 0 Å². The lowest BCUT2D eigenvalue weighted by Crippen LogP contribution is -2.23. The van der Waals surface area contributed by atoms with Crippen molar-refractivity contribution in [1.29, 1.82) is 0 Å². The Kier molecular flexibility index (Phi) is 3.82. The van der Waals surface area contributed by atoms with Gasteiger partial charge in [-0.15, -0.1) is 0 Å². The standard InChI is InChI=1S/C13H22N4/c1-4-8-14-12-11(5-2)13(16-9-15-12)17(3)10-6-7-10/h9-10H,4-8H2,1-3H3,(H,14,15,16). The molecule has 1 aromatic heterocycles. The summed E-state index contributed by atoms with van der Waals surface area (Å²) in [4.78, 5) is 11.1. The maximum atomic E-state index is 4.45. The van der Waals surface area contributed by atoms with Crippen molar-refractivity contribution in [2.24, 2.45) is 0 Å². The summed E-state index contributed by atoms with van der Waals surface area (Å²) in [6, 6.07) is 0.689. The van der Waals surface area contributed by atoms with Crippen LogP contribution >= 0.6 is 0 Å². The molecule has 0 aliphatic heterocycles. The van der Waals surface area contributed by atoms with E-state index in [1.54, 1.807) is 6.33 Å². The molecule has 0 bridgehead atoms. The average molecular weight is 234 g/mol. The molecule has 4 nitrogen and oxygen atoms in total. The average Bonchev–Trinajstić information content (AvgIpc) is 3.19. The highest BCUT2D eigenvalue weighted by Gasteiger charge is 2.28. The molecule has 17 heavy (non-hydrogen) atoms. The van der Waals surface area contributed by atoms with Gasteiger partial charge in [0.2, 0.25) is 0 Å². The molecule has 1 heterocycles. The second-order valence-electron chi connectivity index (χ2n) is 4.65. The fourth-order valence-electron chi connectivity index (χ4n) is 2.06. The van der Waals surface area contributed by atoms with Crippen LogP contribution in [0.2, 0.25) is 0 Å². The molecule has 1 fully saturated rings. The Balaban J connectivity index is 2.24. The second-order valence-corrected chi connectivity index (χ2v) is 4.65. The maximum Gasteiger partial charge on any atom is 0.137 e. The Labute approximate surface area is 103 Å². The van der Waals surface area contributed by atoms with Gasteiger partial charge in [-0.3, -0.25) is 0 Å². The lowest BCUT2D eigenvalue weighted by Gasteiger charge is -2.21. The molecular formula is C13H22N4. The largest absolute Gasteiger partial charge is 0.370 e. The molecular weight excluding hydrogens is 212 g/mol. The van der Waals surface area contributed by atoms with Gasteiger partial charge in [-0.05, 0) is 25.7 Å². The fraction of sp³-hybridized carbons (Fsp3) is 0.692. The van der Waals surface area contributed by atoms with E-state index in [9.17, 15) is 0 Å². The van der Waals surface area contributed by atoms with Gasteiger partial charge in [0.25, 0.3) is 0 Å². The number of nitrogens with zero attached hydrogens (tertiary/aromatic N) is 3. The van der Waals surface area contributed by atoms with Crippen molar-refractivity contribution in [2.75, 3.05) is 23.8 Å².